The van der Waals surface area contributed by atoms with Crippen LogP contribution in [0.25, 0.3) is 11.5 Å². The molecule has 2 heterocycles. The smallest absolute Gasteiger partial charge is 0.259 e. The van der Waals surface area contributed by atoms with Gasteiger partial charge in [0.2, 0.25) is 0 Å². The van der Waals surface area contributed by atoms with Crippen molar-refractivity contribution in [2.75, 3.05) is 19.0 Å². The van der Waals surface area contributed by atoms with Gasteiger partial charge in [0.1, 0.15) is 12.4 Å². The van der Waals surface area contributed by atoms with Crippen LogP contribution in [0.4, 0.5) is 5.82 Å². The molecular formula is C13H18N4O3. The van der Waals surface area contributed by atoms with Gasteiger partial charge in [-0.3, -0.25) is 0 Å². The first kappa shape index (κ1) is 14.4. The summed E-state index contributed by atoms with van der Waals surface area (Å²) in [6.07, 6.45) is 1.98. The van der Waals surface area contributed by atoms with E-state index in [0.717, 1.165) is 5.56 Å². The third kappa shape index (κ3) is 3.75. The molecule has 0 aliphatic carbocycles. The fourth-order valence-electron chi connectivity index (χ4n) is 1.55. The number of hydrogen-bond donors (Lipinski definition) is 2. The van der Waals surface area contributed by atoms with Gasteiger partial charge in [-0.15, -0.1) is 0 Å². The fraction of sp³-hybridized carbons (Fsp3) is 0.462. The van der Waals surface area contributed by atoms with Crippen LogP contribution in [0.3, 0.4) is 0 Å². The number of ether oxygens (including phenoxy) is 1. The van der Waals surface area contributed by atoms with Gasteiger partial charge in [-0.25, -0.2) is 4.98 Å². The normalized spacial score (nSPS) is 12.3. The Hall–Kier alpha value is -1.99. The Balaban J connectivity index is 1.99. The fourth-order valence-corrected chi connectivity index (χ4v) is 1.55. The van der Waals surface area contributed by atoms with Crippen molar-refractivity contribution < 1.29 is 14.4 Å². The summed E-state index contributed by atoms with van der Waals surface area (Å²) in [5, 5.41) is 16.3. The zero-order valence-corrected chi connectivity index (χ0v) is 11.5. The number of methoxy groups -OCH3 is 1. The number of hydrogen-bond acceptors (Lipinski definition) is 7. The minimum atomic E-state index is -0.371. The van der Waals surface area contributed by atoms with Crippen molar-refractivity contribution in [2.45, 2.75) is 26.1 Å². The molecule has 0 fully saturated rings. The Bertz CT molecular complexity index is 527. The average molecular weight is 278 g/mol. The van der Waals surface area contributed by atoms with E-state index in [1.807, 2.05) is 13.0 Å². The van der Waals surface area contributed by atoms with E-state index in [-0.39, 0.29) is 6.10 Å². The highest BCUT2D eigenvalue weighted by atomic mass is 16.5. The van der Waals surface area contributed by atoms with E-state index in [2.05, 4.69) is 20.4 Å². The van der Waals surface area contributed by atoms with E-state index in [0.29, 0.717) is 37.1 Å². The first-order chi connectivity index (χ1) is 9.72. The Morgan fingerprint density at radius 3 is 2.95 bits per heavy atom. The lowest BCUT2D eigenvalue weighted by Crippen LogP contribution is -2.18. The predicted molar refractivity (Wildman–Crippen MR) is 73.0 cm³/mol. The summed E-state index contributed by atoms with van der Waals surface area (Å²) < 4.78 is 10.0. The predicted octanol–water partition coefficient (Wildman–Crippen LogP) is 1.46. The van der Waals surface area contributed by atoms with Crippen LogP contribution in [0.1, 0.15) is 19.2 Å². The maximum atomic E-state index is 9.47. The standard InChI is InChI=1S/C13H18N4O3/c1-3-10(18)7-15-11-5-4-9(6-14-11)13-16-12(8-19-2)17-20-13/h4-6,10,18H,3,7-8H2,1-2H3,(H,14,15)/t10-/m1/s1. The molecule has 2 aromatic rings. The molecule has 7 heteroatoms. The summed E-state index contributed by atoms with van der Waals surface area (Å²) >= 11 is 0. The Morgan fingerprint density at radius 2 is 2.30 bits per heavy atom. The summed E-state index contributed by atoms with van der Waals surface area (Å²) in [7, 11) is 1.57. The second kappa shape index (κ2) is 6.97. The molecule has 0 aliphatic heterocycles. The van der Waals surface area contributed by atoms with Gasteiger partial charge in [-0.1, -0.05) is 12.1 Å². The molecule has 0 aliphatic rings. The number of pyridine rings is 1. The molecule has 2 N–H and O–H groups in total. The molecule has 0 saturated carbocycles. The van der Waals surface area contributed by atoms with Gasteiger partial charge in [0.15, 0.2) is 5.82 Å². The molecule has 0 aromatic carbocycles. The highest BCUT2D eigenvalue weighted by Gasteiger charge is 2.09. The van der Waals surface area contributed by atoms with E-state index >= 15 is 0 Å². The number of rotatable bonds is 7. The average Bonchev–Trinajstić information content (AvgIpc) is 2.94. The molecule has 2 aromatic heterocycles. The van der Waals surface area contributed by atoms with E-state index in [4.69, 9.17) is 9.26 Å². The molecule has 0 amide bonds. The lowest BCUT2D eigenvalue weighted by molar-refractivity contribution is 0.174. The third-order valence-electron chi connectivity index (χ3n) is 2.74. The van der Waals surface area contributed by atoms with Crippen LogP contribution in [-0.4, -0.2) is 40.0 Å². The van der Waals surface area contributed by atoms with Crippen LogP contribution in [0.2, 0.25) is 0 Å². The summed E-state index contributed by atoms with van der Waals surface area (Å²) in [5.74, 6) is 1.60. The van der Waals surface area contributed by atoms with E-state index in [9.17, 15) is 5.11 Å². The molecule has 1 atom stereocenters. The van der Waals surface area contributed by atoms with Crippen LogP contribution in [0.5, 0.6) is 0 Å². The molecule has 0 unspecified atom stereocenters. The zero-order chi connectivity index (χ0) is 14.4. The van der Waals surface area contributed by atoms with E-state index < -0.39 is 0 Å². The minimum Gasteiger partial charge on any atom is -0.391 e. The van der Waals surface area contributed by atoms with Crippen molar-refractivity contribution in [1.29, 1.82) is 0 Å². The summed E-state index contributed by atoms with van der Waals surface area (Å²) in [6.45, 7) is 2.71. The molecule has 2 rings (SSSR count). The van der Waals surface area contributed by atoms with Crippen molar-refractivity contribution in [2.24, 2.45) is 0 Å². The first-order valence-electron chi connectivity index (χ1n) is 6.42. The van der Waals surface area contributed by atoms with Crippen LogP contribution in [0.15, 0.2) is 22.9 Å². The Kier molecular flexibility index (Phi) is 5.03. The van der Waals surface area contributed by atoms with E-state index in [1.165, 1.54) is 0 Å². The van der Waals surface area contributed by atoms with E-state index in [1.54, 1.807) is 19.4 Å². The van der Waals surface area contributed by atoms with Crippen LogP contribution < -0.4 is 5.32 Å². The molecule has 7 nitrogen and oxygen atoms in total. The zero-order valence-electron chi connectivity index (χ0n) is 11.5. The van der Waals surface area contributed by atoms with Crippen molar-refractivity contribution in [1.82, 2.24) is 15.1 Å². The monoisotopic (exact) mass is 278 g/mol. The second-order valence-electron chi connectivity index (χ2n) is 4.32. The summed E-state index contributed by atoms with van der Waals surface area (Å²) in [4.78, 5) is 8.42. The van der Waals surface area contributed by atoms with Gasteiger partial charge < -0.3 is 19.7 Å². The van der Waals surface area contributed by atoms with Crippen molar-refractivity contribution in [3.8, 4) is 11.5 Å². The Labute approximate surface area is 117 Å². The SMILES string of the molecule is CC[C@@H](O)CNc1ccc(-c2nc(COC)no2)cn1. The minimum absolute atomic E-state index is 0.311. The van der Waals surface area contributed by atoms with Gasteiger partial charge in [-0.05, 0) is 18.6 Å². The molecule has 20 heavy (non-hydrogen) atoms. The van der Waals surface area contributed by atoms with Crippen molar-refractivity contribution >= 4 is 5.82 Å². The number of nitrogens with zero attached hydrogens (tertiary/aromatic N) is 3. The third-order valence-corrected chi connectivity index (χ3v) is 2.74. The topological polar surface area (TPSA) is 93.3 Å². The van der Waals surface area contributed by atoms with Crippen molar-refractivity contribution in [3.63, 3.8) is 0 Å². The molecule has 108 valence electrons. The molecule has 0 bridgehead atoms. The van der Waals surface area contributed by atoms with Gasteiger partial charge >= 0.3 is 0 Å². The maximum absolute atomic E-state index is 9.47. The van der Waals surface area contributed by atoms with Crippen LogP contribution in [0, 0.1) is 0 Å². The van der Waals surface area contributed by atoms with Gasteiger partial charge in [-0.2, -0.15) is 4.98 Å². The highest BCUT2D eigenvalue weighted by molar-refractivity contribution is 5.54. The van der Waals surface area contributed by atoms with Gasteiger partial charge in [0.25, 0.3) is 5.89 Å². The van der Waals surface area contributed by atoms with Crippen LogP contribution in [-0.2, 0) is 11.3 Å². The molecule has 0 saturated heterocycles. The van der Waals surface area contributed by atoms with Gasteiger partial charge in [0.05, 0.1) is 11.7 Å². The molecular weight excluding hydrogens is 260 g/mol. The summed E-state index contributed by atoms with van der Waals surface area (Å²) in [5.41, 5.74) is 0.737. The second-order valence-corrected chi connectivity index (χ2v) is 4.32. The van der Waals surface area contributed by atoms with Crippen molar-refractivity contribution in [3.05, 3.63) is 24.2 Å². The number of anilines is 1. The molecule has 0 radical (unpaired) electrons. The largest absolute Gasteiger partial charge is 0.391 e. The first-order valence-corrected chi connectivity index (χ1v) is 6.42. The number of aliphatic hydroxyl groups excluding tert-OH is 1. The van der Waals surface area contributed by atoms with Crippen LogP contribution >= 0.6 is 0 Å². The highest BCUT2D eigenvalue weighted by Crippen LogP contribution is 2.17. The lowest BCUT2D eigenvalue weighted by Gasteiger charge is -2.09. The number of aliphatic hydroxyl groups is 1. The Morgan fingerprint density at radius 1 is 1.45 bits per heavy atom. The lowest BCUT2D eigenvalue weighted by atomic mass is 10.2. The number of aromatic nitrogens is 3. The van der Waals surface area contributed by atoms with Gasteiger partial charge in [0, 0.05) is 19.9 Å². The summed E-state index contributed by atoms with van der Waals surface area (Å²) in [6, 6.07) is 3.63. The quantitative estimate of drug-likeness (QED) is 0.791. The molecule has 0 spiro atoms. The number of nitrogens with one attached hydrogen (secondary N) is 1. The maximum Gasteiger partial charge on any atom is 0.259 e.